The Morgan fingerprint density at radius 3 is 2.54 bits per heavy atom. The van der Waals surface area contributed by atoms with E-state index in [-0.39, 0.29) is 24.1 Å². The van der Waals surface area contributed by atoms with Crippen molar-refractivity contribution in [2.75, 3.05) is 5.32 Å². The number of nitrogens with zero attached hydrogens (tertiary/aromatic N) is 1. The number of anilines is 1. The minimum atomic E-state index is -0.432. The first-order valence-corrected chi connectivity index (χ1v) is 7.87. The van der Waals surface area contributed by atoms with Gasteiger partial charge < -0.3 is 9.88 Å². The molecule has 24 heavy (non-hydrogen) atoms. The van der Waals surface area contributed by atoms with Crippen molar-refractivity contribution in [3.63, 3.8) is 0 Å². The molecule has 1 amide bonds. The molecule has 1 unspecified atom stereocenters. The number of hydrogen-bond donors (Lipinski definition) is 1. The monoisotopic (exact) mass is 322 g/mol. The number of carbonyl (C=O) groups is 1. The van der Waals surface area contributed by atoms with E-state index in [1.54, 1.807) is 18.2 Å². The lowest BCUT2D eigenvalue weighted by molar-refractivity contribution is -0.116. The summed E-state index contributed by atoms with van der Waals surface area (Å²) < 4.78 is 15.7. The highest BCUT2D eigenvalue weighted by Gasteiger charge is 2.18. The van der Waals surface area contributed by atoms with Crippen molar-refractivity contribution in [1.29, 1.82) is 0 Å². The van der Waals surface area contributed by atoms with Crippen molar-refractivity contribution in [3.05, 3.63) is 90.0 Å². The maximum atomic E-state index is 13.7. The molecule has 0 aliphatic rings. The quantitative estimate of drug-likeness (QED) is 0.734. The Morgan fingerprint density at radius 2 is 1.83 bits per heavy atom. The second-order valence-corrected chi connectivity index (χ2v) is 5.79. The van der Waals surface area contributed by atoms with Crippen molar-refractivity contribution in [2.45, 2.75) is 19.4 Å². The smallest absolute Gasteiger partial charge is 0.226 e. The van der Waals surface area contributed by atoms with Gasteiger partial charge in [0.2, 0.25) is 5.91 Å². The van der Waals surface area contributed by atoms with Crippen LogP contribution in [0.1, 0.15) is 23.6 Å². The van der Waals surface area contributed by atoms with Crippen LogP contribution in [0.3, 0.4) is 0 Å². The Morgan fingerprint density at radius 1 is 1.08 bits per heavy atom. The van der Waals surface area contributed by atoms with Gasteiger partial charge in [0.05, 0.1) is 18.2 Å². The number of nitrogens with one attached hydrogen (secondary N) is 1. The highest BCUT2D eigenvalue weighted by molar-refractivity contribution is 5.91. The van der Waals surface area contributed by atoms with Gasteiger partial charge in [0.25, 0.3) is 0 Å². The second-order valence-electron chi connectivity index (χ2n) is 5.79. The minimum absolute atomic E-state index is 0.133. The molecule has 122 valence electrons. The summed E-state index contributed by atoms with van der Waals surface area (Å²) >= 11 is 0. The lowest BCUT2D eigenvalue weighted by Gasteiger charge is -2.20. The molecule has 0 saturated heterocycles. The topological polar surface area (TPSA) is 34.0 Å². The zero-order valence-corrected chi connectivity index (χ0v) is 13.4. The highest BCUT2D eigenvalue weighted by atomic mass is 19.1. The van der Waals surface area contributed by atoms with Crippen molar-refractivity contribution < 1.29 is 9.18 Å². The molecule has 0 bridgehead atoms. The van der Waals surface area contributed by atoms with E-state index < -0.39 is 5.82 Å². The fourth-order valence-electron chi connectivity index (χ4n) is 2.77. The molecule has 3 rings (SSSR count). The minimum Gasteiger partial charge on any atom is -0.346 e. The molecule has 1 heterocycles. The Labute approximate surface area is 140 Å². The van der Waals surface area contributed by atoms with Gasteiger partial charge in [-0.1, -0.05) is 42.0 Å². The normalized spacial score (nSPS) is 11.9. The summed E-state index contributed by atoms with van der Waals surface area (Å²) in [6.07, 6.45) is 4.10. The lowest BCUT2D eigenvalue weighted by Crippen LogP contribution is -2.20. The third kappa shape index (κ3) is 3.71. The summed E-state index contributed by atoms with van der Waals surface area (Å²) in [7, 11) is 0. The summed E-state index contributed by atoms with van der Waals surface area (Å²) in [5.41, 5.74) is 2.40. The predicted molar refractivity (Wildman–Crippen MR) is 93.4 cm³/mol. The van der Waals surface area contributed by atoms with E-state index >= 15 is 0 Å². The van der Waals surface area contributed by atoms with Crippen LogP contribution < -0.4 is 5.32 Å². The molecule has 0 saturated carbocycles. The van der Waals surface area contributed by atoms with Crippen LogP contribution in [0.2, 0.25) is 0 Å². The number of para-hydroxylation sites is 1. The van der Waals surface area contributed by atoms with E-state index in [2.05, 4.69) is 11.4 Å². The van der Waals surface area contributed by atoms with E-state index in [1.165, 1.54) is 6.07 Å². The fraction of sp³-hybridized carbons (Fsp3) is 0.150. The molecular formula is C20H19FN2O. The van der Waals surface area contributed by atoms with E-state index in [0.717, 1.165) is 11.1 Å². The molecule has 1 atom stereocenters. The molecule has 0 aliphatic carbocycles. The van der Waals surface area contributed by atoms with Crippen LogP contribution in [-0.2, 0) is 4.79 Å². The first-order valence-electron chi connectivity index (χ1n) is 7.87. The van der Waals surface area contributed by atoms with Crippen molar-refractivity contribution in [3.8, 4) is 0 Å². The largest absolute Gasteiger partial charge is 0.346 e. The molecule has 2 aromatic carbocycles. The van der Waals surface area contributed by atoms with Gasteiger partial charge in [0, 0.05) is 12.4 Å². The van der Waals surface area contributed by atoms with Gasteiger partial charge in [-0.25, -0.2) is 4.39 Å². The van der Waals surface area contributed by atoms with Gasteiger partial charge in [0.1, 0.15) is 5.82 Å². The maximum Gasteiger partial charge on any atom is 0.226 e. The van der Waals surface area contributed by atoms with Crippen LogP contribution in [0.4, 0.5) is 10.1 Å². The molecule has 0 spiro atoms. The highest BCUT2D eigenvalue weighted by Crippen LogP contribution is 2.24. The zero-order valence-electron chi connectivity index (χ0n) is 13.4. The summed E-state index contributed by atoms with van der Waals surface area (Å²) in [5.74, 6) is -0.653. The van der Waals surface area contributed by atoms with Crippen LogP contribution in [0.5, 0.6) is 0 Å². The molecule has 0 aliphatic heterocycles. The molecule has 1 N–H and O–H groups in total. The van der Waals surface area contributed by atoms with Gasteiger partial charge in [-0.15, -0.1) is 0 Å². The summed E-state index contributed by atoms with van der Waals surface area (Å²) in [4.78, 5) is 12.4. The van der Waals surface area contributed by atoms with Gasteiger partial charge >= 0.3 is 0 Å². The fourth-order valence-corrected chi connectivity index (χ4v) is 2.77. The molecule has 0 fully saturated rings. The Bertz CT molecular complexity index is 827. The van der Waals surface area contributed by atoms with Gasteiger partial charge in [-0.2, -0.15) is 0 Å². The van der Waals surface area contributed by atoms with Crippen molar-refractivity contribution in [2.24, 2.45) is 0 Å². The molecule has 0 radical (unpaired) electrons. The third-order valence-electron chi connectivity index (χ3n) is 3.94. The second kappa shape index (κ2) is 7.13. The molecular weight excluding hydrogens is 303 g/mol. The number of hydrogen-bond acceptors (Lipinski definition) is 1. The number of carbonyl (C=O) groups excluding carboxylic acids is 1. The zero-order chi connectivity index (χ0) is 16.9. The number of aryl methyl sites for hydroxylation is 1. The van der Waals surface area contributed by atoms with Gasteiger partial charge in [0.15, 0.2) is 0 Å². The van der Waals surface area contributed by atoms with Crippen LogP contribution in [0.15, 0.2) is 73.1 Å². The summed E-state index contributed by atoms with van der Waals surface area (Å²) in [5, 5.41) is 2.66. The average Bonchev–Trinajstić information content (AvgIpc) is 3.09. The number of aromatic nitrogens is 1. The Balaban J connectivity index is 1.82. The molecule has 1 aromatic heterocycles. The maximum absolute atomic E-state index is 13.7. The van der Waals surface area contributed by atoms with Crippen LogP contribution in [0.25, 0.3) is 0 Å². The van der Waals surface area contributed by atoms with Crippen LogP contribution in [-0.4, -0.2) is 10.5 Å². The number of halogens is 1. The van der Waals surface area contributed by atoms with E-state index in [1.807, 2.05) is 54.2 Å². The predicted octanol–water partition coefficient (Wildman–Crippen LogP) is 4.55. The molecule has 3 aromatic rings. The molecule has 4 heteroatoms. The summed E-state index contributed by atoms with van der Waals surface area (Å²) in [6.45, 7) is 2.02. The van der Waals surface area contributed by atoms with Crippen LogP contribution in [0, 0.1) is 12.7 Å². The number of rotatable bonds is 5. The average molecular weight is 322 g/mol. The SMILES string of the molecule is Cc1cccc(C(CC(=O)Nc2ccccc2F)n2cccc2)c1. The summed E-state index contributed by atoms with van der Waals surface area (Å²) in [6, 6.07) is 18.0. The van der Waals surface area contributed by atoms with Crippen LogP contribution >= 0.6 is 0 Å². The van der Waals surface area contributed by atoms with E-state index in [0.29, 0.717) is 0 Å². The Hall–Kier alpha value is -2.88. The molecule has 3 nitrogen and oxygen atoms in total. The lowest BCUT2D eigenvalue weighted by atomic mass is 10.0. The number of amides is 1. The van der Waals surface area contributed by atoms with Gasteiger partial charge in [-0.3, -0.25) is 4.79 Å². The first-order chi connectivity index (χ1) is 11.6. The van der Waals surface area contributed by atoms with Gasteiger partial charge in [-0.05, 0) is 36.8 Å². The van der Waals surface area contributed by atoms with Crippen molar-refractivity contribution >= 4 is 11.6 Å². The standard InChI is InChI=1S/C20H19FN2O/c1-15-7-6-8-16(13-15)19(23-11-4-5-12-23)14-20(24)22-18-10-3-2-9-17(18)21/h2-13,19H,14H2,1H3,(H,22,24). The van der Waals surface area contributed by atoms with Crippen molar-refractivity contribution in [1.82, 2.24) is 4.57 Å². The number of benzene rings is 2. The Kier molecular flexibility index (Phi) is 4.75. The first kappa shape index (κ1) is 16.0. The van der Waals surface area contributed by atoms with E-state index in [4.69, 9.17) is 0 Å². The van der Waals surface area contributed by atoms with E-state index in [9.17, 15) is 9.18 Å². The third-order valence-corrected chi connectivity index (χ3v) is 3.94.